The molecule has 0 bridgehead atoms. The summed E-state index contributed by atoms with van der Waals surface area (Å²) < 4.78 is 5.48. The average molecular weight is 410 g/mol. The minimum atomic E-state index is -0.308. The lowest BCUT2D eigenvalue weighted by atomic mass is 10.1. The van der Waals surface area contributed by atoms with E-state index in [4.69, 9.17) is 9.72 Å². The third-order valence-corrected chi connectivity index (χ3v) is 7.46. The summed E-state index contributed by atoms with van der Waals surface area (Å²) in [6, 6.07) is 18.1. The van der Waals surface area contributed by atoms with Crippen LogP contribution in [0.4, 0.5) is 10.8 Å². The van der Waals surface area contributed by atoms with E-state index < -0.39 is 0 Å². The van der Waals surface area contributed by atoms with Crippen LogP contribution in [0.3, 0.4) is 0 Å². The number of ether oxygens (including phenoxy) is 1. The van der Waals surface area contributed by atoms with Crippen LogP contribution >= 0.6 is 23.1 Å². The number of rotatable bonds is 3. The molecule has 0 aliphatic carbocycles. The van der Waals surface area contributed by atoms with Crippen molar-refractivity contribution in [2.24, 2.45) is 0 Å². The molecule has 3 aromatic rings. The SMILES string of the molecule is O=C1Nc2ccccc2S[C@H]1c1sc(N2CCOCC2)nc1-c1ccccc1. The van der Waals surface area contributed by atoms with E-state index in [9.17, 15) is 4.79 Å². The van der Waals surface area contributed by atoms with E-state index >= 15 is 0 Å². The van der Waals surface area contributed by atoms with Crippen LogP contribution < -0.4 is 10.2 Å². The van der Waals surface area contributed by atoms with Crippen LogP contribution in [0, 0.1) is 0 Å². The number of fused-ring (bicyclic) bond motifs is 1. The van der Waals surface area contributed by atoms with E-state index in [1.54, 1.807) is 23.1 Å². The first-order valence-electron chi connectivity index (χ1n) is 9.25. The summed E-state index contributed by atoms with van der Waals surface area (Å²) in [5.41, 5.74) is 2.83. The topological polar surface area (TPSA) is 54.5 Å². The summed E-state index contributed by atoms with van der Waals surface area (Å²) >= 11 is 3.23. The predicted molar refractivity (Wildman–Crippen MR) is 114 cm³/mol. The Bertz CT molecular complexity index is 1000. The number of thioether (sulfide) groups is 1. The average Bonchev–Trinajstić information content (AvgIpc) is 3.20. The van der Waals surface area contributed by atoms with E-state index in [1.165, 1.54) is 0 Å². The molecule has 0 saturated carbocycles. The number of para-hydroxylation sites is 1. The summed E-state index contributed by atoms with van der Waals surface area (Å²) in [5.74, 6) is 0.0121. The van der Waals surface area contributed by atoms with Gasteiger partial charge in [0.25, 0.3) is 0 Å². The molecule has 5 nitrogen and oxygen atoms in total. The second-order valence-corrected chi connectivity index (χ2v) is 8.81. The van der Waals surface area contributed by atoms with E-state index in [-0.39, 0.29) is 11.2 Å². The maximum absolute atomic E-state index is 12.9. The second kappa shape index (κ2) is 7.58. The van der Waals surface area contributed by atoms with E-state index in [2.05, 4.69) is 28.4 Å². The first-order chi connectivity index (χ1) is 13.8. The number of hydrogen-bond donors (Lipinski definition) is 1. The molecule has 1 N–H and O–H groups in total. The third kappa shape index (κ3) is 3.30. The van der Waals surface area contributed by atoms with Gasteiger partial charge in [0.1, 0.15) is 5.25 Å². The number of nitrogens with one attached hydrogen (secondary N) is 1. The predicted octanol–water partition coefficient (Wildman–Crippen LogP) is 4.43. The van der Waals surface area contributed by atoms with Crippen molar-refractivity contribution in [3.63, 3.8) is 0 Å². The molecular weight excluding hydrogens is 390 g/mol. The Morgan fingerprint density at radius 1 is 1.04 bits per heavy atom. The van der Waals surface area contributed by atoms with Crippen molar-refractivity contribution in [1.82, 2.24) is 4.98 Å². The quantitative estimate of drug-likeness (QED) is 0.693. The molecule has 5 rings (SSSR count). The molecule has 3 heterocycles. The fraction of sp³-hybridized carbons (Fsp3) is 0.238. The lowest BCUT2D eigenvalue weighted by molar-refractivity contribution is -0.115. The van der Waals surface area contributed by atoms with Crippen molar-refractivity contribution in [1.29, 1.82) is 0 Å². The zero-order valence-corrected chi connectivity index (χ0v) is 16.8. The normalized spacial score (nSPS) is 19.2. The molecule has 0 radical (unpaired) electrons. The van der Waals surface area contributed by atoms with Crippen molar-refractivity contribution < 1.29 is 9.53 Å². The number of nitrogens with zero attached hydrogens (tertiary/aromatic N) is 2. The molecule has 0 spiro atoms. The number of anilines is 2. The fourth-order valence-corrected chi connectivity index (χ4v) is 5.86. The molecule has 1 aromatic heterocycles. The Kier molecular flexibility index (Phi) is 4.80. The van der Waals surface area contributed by atoms with Gasteiger partial charge in [-0.25, -0.2) is 4.98 Å². The van der Waals surface area contributed by atoms with Crippen LogP contribution in [0.2, 0.25) is 0 Å². The second-order valence-electron chi connectivity index (χ2n) is 6.66. The highest BCUT2D eigenvalue weighted by Crippen LogP contribution is 2.49. The monoisotopic (exact) mass is 409 g/mol. The number of aromatic nitrogens is 1. The van der Waals surface area contributed by atoms with Gasteiger partial charge >= 0.3 is 0 Å². The third-order valence-electron chi connectivity index (χ3n) is 4.84. The molecule has 1 fully saturated rings. The molecule has 1 atom stereocenters. The van der Waals surface area contributed by atoms with Crippen molar-refractivity contribution in [2.45, 2.75) is 10.1 Å². The number of carbonyl (C=O) groups is 1. The van der Waals surface area contributed by atoms with Crippen molar-refractivity contribution >= 4 is 39.8 Å². The lowest BCUT2D eigenvalue weighted by Gasteiger charge is -2.26. The summed E-state index contributed by atoms with van der Waals surface area (Å²) in [6.45, 7) is 3.07. The van der Waals surface area contributed by atoms with E-state index in [0.29, 0.717) is 13.2 Å². The summed E-state index contributed by atoms with van der Waals surface area (Å²) in [4.78, 5) is 22.3. The van der Waals surface area contributed by atoms with Crippen molar-refractivity contribution in [2.75, 3.05) is 36.5 Å². The number of hydrogen-bond acceptors (Lipinski definition) is 6. The van der Waals surface area contributed by atoms with Gasteiger partial charge in [-0.1, -0.05) is 53.8 Å². The maximum atomic E-state index is 12.9. The van der Waals surface area contributed by atoms with Gasteiger partial charge in [0.15, 0.2) is 5.13 Å². The Labute approximate surface area is 171 Å². The highest BCUT2D eigenvalue weighted by molar-refractivity contribution is 8.00. The van der Waals surface area contributed by atoms with Gasteiger partial charge in [0, 0.05) is 23.5 Å². The molecule has 1 saturated heterocycles. The molecule has 142 valence electrons. The van der Waals surface area contributed by atoms with Gasteiger partial charge in [-0.2, -0.15) is 0 Å². The Morgan fingerprint density at radius 2 is 1.79 bits per heavy atom. The van der Waals surface area contributed by atoms with E-state index in [1.807, 2.05) is 36.4 Å². The van der Waals surface area contributed by atoms with Crippen molar-refractivity contribution in [3.05, 3.63) is 59.5 Å². The fourth-order valence-electron chi connectivity index (χ4n) is 3.41. The van der Waals surface area contributed by atoms with Crippen LogP contribution in [0.1, 0.15) is 10.1 Å². The molecule has 0 unspecified atom stereocenters. The number of benzene rings is 2. The first-order valence-corrected chi connectivity index (χ1v) is 10.9. The van der Waals surface area contributed by atoms with Gasteiger partial charge in [-0.05, 0) is 12.1 Å². The lowest BCUT2D eigenvalue weighted by Crippen LogP contribution is -2.36. The molecule has 2 aliphatic heterocycles. The summed E-state index contributed by atoms with van der Waals surface area (Å²) in [5, 5.41) is 3.72. The van der Waals surface area contributed by atoms with E-state index in [0.717, 1.165) is 44.9 Å². The van der Waals surface area contributed by atoms with Crippen LogP contribution in [-0.2, 0) is 9.53 Å². The Hall–Kier alpha value is -2.35. The smallest absolute Gasteiger partial charge is 0.243 e. The molecule has 28 heavy (non-hydrogen) atoms. The van der Waals surface area contributed by atoms with Crippen LogP contribution in [0.5, 0.6) is 0 Å². The largest absolute Gasteiger partial charge is 0.378 e. The molecule has 2 aliphatic rings. The van der Waals surface area contributed by atoms with Crippen LogP contribution in [-0.4, -0.2) is 37.2 Å². The number of thiazole rings is 1. The van der Waals surface area contributed by atoms with Gasteiger partial charge in [-0.3, -0.25) is 4.79 Å². The van der Waals surface area contributed by atoms with Crippen LogP contribution in [0.15, 0.2) is 59.5 Å². The Morgan fingerprint density at radius 3 is 2.61 bits per heavy atom. The standard InChI is InChI=1S/C21H19N3O2S2/c25-20-19(27-16-9-5-4-8-15(16)22-20)18-17(14-6-2-1-3-7-14)23-21(28-18)24-10-12-26-13-11-24/h1-9,19H,10-13H2,(H,22,25)/t19-/m0/s1. The molecule has 2 aromatic carbocycles. The highest BCUT2D eigenvalue weighted by atomic mass is 32.2. The van der Waals surface area contributed by atoms with Gasteiger partial charge < -0.3 is 15.0 Å². The first kappa shape index (κ1) is 17.7. The minimum absolute atomic E-state index is 0.0121. The summed E-state index contributed by atoms with van der Waals surface area (Å²) in [6.07, 6.45) is 0. The van der Waals surface area contributed by atoms with Crippen LogP contribution in [0.25, 0.3) is 11.3 Å². The zero-order chi connectivity index (χ0) is 18.9. The highest BCUT2D eigenvalue weighted by Gasteiger charge is 2.33. The number of morpholine rings is 1. The van der Waals surface area contributed by atoms with Gasteiger partial charge in [0.2, 0.25) is 5.91 Å². The molecule has 7 heteroatoms. The Balaban J connectivity index is 1.57. The minimum Gasteiger partial charge on any atom is -0.378 e. The molecule has 1 amide bonds. The molecular formula is C21H19N3O2S2. The number of amides is 1. The maximum Gasteiger partial charge on any atom is 0.243 e. The number of carbonyl (C=O) groups excluding carboxylic acids is 1. The summed E-state index contributed by atoms with van der Waals surface area (Å²) in [7, 11) is 0. The van der Waals surface area contributed by atoms with Gasteiger partial charge in [-0.15, -0.1) is 11.8 Å². The van der Waals surface area contributed by atoms with Crippen molar-refractivity contribution in [3.8, 4) is 11.3 Å². The zero-order valence-electron chi connectivity index (χ0n) is 15.1. The van der Waals surface area contributed by atoms with Gasteiger partial charge in [0.05, 0.1) is 29.5 Å².